The van der Waals surface area contributed by atoms with Gasteiger partial charge in [-0.25, -0.2) is 0 Å². The lowest BCUT2D eigenvalue weighted by atomic mass is 9.79. The van der Waals surface area contributed by atoms with Crippen LogP contribution in [0.2, 0.25) is 0 Å². The second-order valence-electron chi connectivity index (χ2n) is 7.55. The van der Waals surface area contributed by atoms with Crippen LogP contribution in [-0.2, 0) is 14.4 Å². The predicted octanol–water partition coefficient (Wildman–Crippen LogP) is 4.36. The van der Waals surface area contributed by atoms with Gasteiger partial charge >= 0.3 is 0 Å². The average molecular weight is 342 g/mol. The minimum atomic E-state index is 0.130. The van der Waals surface area contributed by atoms with E-state index in [1.807, 2.05) is 48.5 Å². The van der Waals surface area contributed by atoms with Gasteiger partial charge in [0, 0.05) is 44.2 Å². The van der Waals surface area contributed by atoms with Crippen molar-refractivity contribution < 1.29 is 14.4 Å². The Morgan fingerprint density at radius 1 is 0.875 bits per heavy atom. The molecular weight excluding hydrogens is 302 g/mol. The van der Waals surface area contributed by atoms with Crippen molar-refractivity contribution in [3.63, 3.8) is 0 Å². The smallest absolute Gasteiger partial charge is 0.224 e. The molecule has 24 heavy (non-hydrogen) atoms. The number of nitrogens with zero attached hydrogens (tertiary/aromatic N) is 1. The molecule has 0 radical (unpaired) electrons. The molecule has 1 rings (SSSR count). The number of rotatable bonds is 5. The standard InChI is InChI=1S/C8H14O.C6H13NO.C6H12O/c1-6(2)8(9)7-4-3-5-7;1-5(2)6(8)7(3)4;1-4-6(7)5(2)3/h6-7H,3-5H2,1-2H3;5H,1-4H3;5H,4H2,1-3H3. The monoisotopic (exact) mass is 341 g/mol. The molecule has 0 N–H and O–H groups in total. The molecule has 0 saturated heterocycles. The first kappa shape index (κ1) is 25.1. The van der Waals surface area contributed by atoms with Crippen molar-refractivity contribution in [3.8, 4) is 0 Å². The fourth-order valence-corrected chi connectivity index (χ4v) is 2.09. The topological polar surface area (TPSA) is 54.5 Å². The van der Waals surface area contributed by atoms with E-state index in [2.05, 4.69) is 0 Å². The van der Waals surface area contributed by atoms with Crippen molar-refractivity contribution in [2.24, 2.45) is 23.7 Å². The molecule has 0 unspecified atom stereocenters. The molecule has 1 fully saturated rings. The van der Waals surface area contributed by atoms with Gasteiger partial charge in [-0.2, -0.15) is 0 Å². The van der Waals surface area contributed by atoms with Crippen molar-refractivity contribution in [3.05, 3.63) is 0 Å². The van der Waals surface area contributed by atoms with E-state index in [1.165, 1.54) is 6.42 Å². The fourth-order valence-electron chi connectivity index (χ4n) is 2.09. The number of hydrogen-bond acceptors (Lipinski definition) is 3. The van der Waals surface area contributed by atoms with Crippen molar-refractivity contribution in [2.45, 2.75) is 74.1 Å². The van der Waals surface area contributed by atoms with Crippen LogP contribution < -0.4 is 0 Å². The lowest BCUT2D eigenvalue weighted by molar-refractivity contribution is -0.131. The molecule has 0 heterocycles. The van der Waals surface area contributed by atoms with Gasteiger partial charge in [-0.15, -0.1) is 0 Å². The summed E-state index contributed by atoms with van der Waals surface area (Å²) in [4.78, 5) is 34.0. The Kier molecular flexibility index (Phi) is 13.7. The van der Waals surface area contributed by atoms with E-state index in [9.17, 15) is 14.4 Å². The Labute approximate surface area is 149 Å². The SMILES string of the molecule is CC(C)C(=O)C1CCC1.CC(C)C(=O)N(C)C.CCC(=O)C(C)C. The molecule has 4 heteroatoms. The number of ketones is 2. The fraction of sp³-hybridized carbons (Fsp3) is 0.850. The summed E-state index contributed by atoms with van der Waals surface area (Å²) in [7, 11) is 3.53. The van der Waals surface area contributed by atoms with Crippen LogP contribution >= 0.6 is 0 Å². The first-order valence-electron chi connectivity index (χ1n) is 9.23. The molecule has 1 aliphatic carbocycles. The van der Waals surface area contributed by atoms with Gasteiger partial charge in [0.25, 0.3) is 0 Å². The first-order valence-corrected chi connectivity index (χ1v) is 9.23. The summed E-state index contributed by atoms with van der Waals surface area (Å²) in [5, 5.41) is 0. The van der Waals surface area contributed by atoms with Crippen LogP contribution in [0.25, 0.3) is 0 Å². The lowest BCUT2D eigenvalue weighted by Crippen LogP contribution is -2.26. The summed E-state index contributed by atoms with van der Waals surface area (Å²) in [5.41, 5.74) is 0. The molecule has 0 atom stereocenters. The summed E-state index contributed by atoms with van der Waals surface area (Å²) >= 11 is 0. The quantitative estimate of drug-likeness (QED) is 0.746. The molecule has 0 aliphatic heterocycles. The van der Waals surface area contributed by atoms with Crippen LogP contribution in [0.15, 0.2) is 0 Å². The highest BCUT2D eigenvalue weighted by molar-refractivity contribution is 5.83. The summed E-state index contributed by atoms with van der Waals surface area (Å²) in [6.07, 6.45) is 4.24. The molecule has 0 spiro atoms. The molecule has 0 aromatic rings. The third-order valence-corrected chi connectivity index (χ3v) is 4.00. The Morgan fingerprint density at radius 2 is 1.33 bits per heavy atom. The highest BCUT2D eigenvalue weighted by atomic mass is 16.2. The van der Waals surface area contributed by atoms with Crippen LogP contribution in [0, 0.1) is 23.7 Å². The number of carbonyl (C=O) groups is 3. The van der Waals surface area contributed by atoms with E-state index >= 15 is 0 Å². The Hall–Kier alpha value is -1.19. The van der Waals surface area contributed by atoms with Gasteiger partial charge in [-0.05, 0) is 12.8 Å². The Morgan fingerprint density at radius 3 is 1.38 bits per heavy atom. The third-order valence-electron chi connectivity index (χ3n) is 4.00. The molecular formula is C20H39NO3. The van der Waals surface area contributed by atoms with Crippen LogP contribution in [0.1, 0.15) is 74.1 Å². The Bertz CT molecular complexity index is 370. The summed E-state index contributed by atoms with van der Waals surface area (Å²) < 4.78 is 0. The molecule has 1 amide bonds. The predicted molar refractivity (Wildman–Crippen MR) is 101 cm³/mol. The Balaban J connectivity index is 0. The lowest BCUT2D eigenvalue weighted by Gasteiger charge is -2.25. The van der Waals surface area contributed by atoms with Crippen LogP contribution in [0.5, 0.6) is 0 Å². The maximum absolute atomic E-state index is 11.1. The first-order chi connectivity index (χ1) is 10.9. The minimum Gasteiger partial charge on any atom is -0.349 e. The maximum atomic E-state index is 11.1. The van der Waals surface area contributed by atoms with E-state index < -0.39 is 0 Å². The van der Waals surface area contributed by atoms with E-state index in [4.69, 9.17) is 0 Å². The molecule has 1 saturated carbocycles. The largest absolute Gasteiger partial charge is 0.349 e. The summed E-state index contributed by atoms with van der Waals surface area (Å²) in [6, 6.07) is 0. The molecule has 4 nitrogen and oxygen atoms in total. The van der Waals surface area contributed by atoms with E-state index in [1.54, 1.807) is 19.0 Å². The van der Waals surface area contributed by atoms with Gasteiger partial charge in [-0.3, -0.25) is 14.4 Å². The summed E-state index contributed by atoms with van der Waals surface area (Å²) in [5.74, 6) is 2.06. The second-order valence-corrected chi connectivity index (χ2v) is 7.55. The summed E-state index contributed by atoms with van der Waals surface area (Å²) in [6.45, 7) is 13.5. The van der Waals surface area contributed by atoms with Crippen molar-refractivity contribution in [1.29, 1.82) is 0 Å². The zero-order chi connectivity index (χ0) is 19.4. The van der Waals surface area contributed by atoms with Crippen LogP contribution in [0.3, 0.4) is 0 Å². The zero-order valence-corrected chi connectivity index (χ0v) is 17.3. The van der Waals surface area contributed by atoms with Gasteiger partial charge in [0.15, 0.2) is 0 Å². The minimum absolute atomic E-state index is 0.130. The highest BCUT2D eigenvalue weighted by Gasteiger charge is 2.26. The highest BCUT2D eigenvalue weighted by Crippen LogP contribution is 2.29. The molecule has 0 bridgehead atoms. The van der Waals surface area contributed by atoms with E-state index in [-0.39, 0.29) is 23.7 Å². The maximum Gasteiger partial charge on any atom is 0.224 e. The second kappa shape index (κ2) is 13.1. The van der Waals surface area contributed by atoms with E-state index in [0.717, 1.165) is 12.8 Å². The van der Waals surface area contributed by atoms with Gasteiger partial charge < -0.3 is 4.90 Å². The van der Waals surface area contributed by atoms with Gasteiger partial charge in [0.2, 0.25) is 5.91 Å². The van der Waals surface area contributed by atoms with E-state index in [0.29, 0.717) is 23.9 Å². The zero-order valence-electron chi connectivity index (χ0n) is 17.3. The normalized spacial score (nSPS) is 13.5. The van der Waals surface area contributed by atoms with Crippen molar-refractivity contribution >= 4 is 17.5 Å². The van der Waals surface area contributed by atoms with Crippen LogP contribution in [0.4, 0.5) is 0 Å². The number of amides is 1. The average Bonchev–Trinajstić information content (AvgIpc) is 2.44. The third kappa shape index (κ3) is 11.4. The molecule has 142 valence electrons. The van der Waals surface area contributed by atoms with Gasteiger partial charge in [0.05, 0.1) is 0 Å². The number of hydrogen-bond donors (Lipinski definition) is 0. The molecule has 1 aliphatic rings. The van der Waals surface area contributed by atoms with Crippen LogP contribution in [-0.4, -0.2) is 36.5 Å². The van der Waals surface area contributed by atoms with Crippen molar-refractivity contribution in [2.75, 3.05) is 14.1 Å². The number of Topliss-reactive ketones (excluding diaryl/α,β-unsaturated/α-hetero) is 2. The van der Waals surface area contributed by atoms with Gasteiger partial charge in [-0.1, -0.05) is 54.9 Å². The molecule has 0 aromatic carbocycles. The molecule has 0 aromatic heterocycles. The number of carbonyl (C=O) groups excluding carboxylic acids is 3. The van der Waals surface area contributed by atoms with Crippen molar-refractivity contribution in [1.82, 2.24) is 4.90 Å². The van der Waals surface area contributed by atoms with Gasteiger partial charge in [0.1, 0.15) is 11.6 Å².